The Bertz CT molecular complexity index is 398. The summed E-state index contributed by atoms with van der Waals surface area (Å²) in [6, 6.07) is 6.87. The summed E-state index contributed by atoms with van der Waals surface area (Å²) in [5.74, 6) is 2.13. The van der Waals surface area contributed by atoms with Gasteiger partial charge in [-0.25, -0.2) is 0 Å². The maximum atomic E-state index is 5.98. The van der Waals surface area contributed by atoms with Crippen molar-refractivity contribution >= 4 is 0 Å². The van der Waals surface area contributed by atoms with Crippen molar-refractivity contribution in [2.45, 2.75) is 59.9 Å². The molecule has 1 N–H and O–H groups in total. The van der Waals surface area contributed by atoms with Gasteiger partial charge >= 0.3 is 0 Å². The van der Waals surface area contributed by atoms with Crippen molar-refractivity contribution in [2.24, 2.45) is 5.92 Å². The lowest BCUT2D eigenvalue weighted by molar-refractivity contribution is 0.230. The van der Waals surface area contributed by atoms with Crippen LogP contribution in [0.4, 0.5) is 0 Å². The topological polar surface area (TPSA) is 21.3 Å². The Labute approximate surface area is 124 Å². The van der Waals surface area contributed by atoms with Crippen LogP contribution >= 0.6 is 0 Å². The van der Waals surface area contributed by atoms with Crippen molar-refractivity contribution in [3.8, 4) is 5.75 Å². The molecule has 2 nitrogen and oxygen atoms in total. The van der Waals surface area contributed by atoms with E-state index in [9.17, 15) is 0 Å². The molecule has 114 valence electrons. The molecule has 1 atom stereocenters. The van der Waals surface area contributed by atoms with Crippen LogP contribution in [0.2, 0.25) is 0 Å². The number of rotatable bonds is 8. The van der Waals surface area contributed by atoms with Crippen LogP contribution in [-0.2, 0) is 0 Å². The smallest absolute Gasteiger partial charge is 0.119 e. The van der Waals surface area contributed by atoms with Crippen LogP contribution in [0.5, 0.6) is 5.75 Å². The third-order valence-corrected chi connectivity index (χ3v) is 3.75. The highest BCUT2D eigenvalue weighted by atomic mass is 16.5. The summed E-state index contributed by atoms with van der Waals surface area (Å²) in [7, 11) is 0. The van der Waals surface area contributed by atoms with Crippen LogP contribution in [0, 0.1) is 12.8 Å². The average Bonchev–Trinajstić information content (AvgIpc) is 2.38. The molecule has 1 unspecified atom stereocenters. The first-order valence-electron chi connectivity index (χ1n) is 7.92. The highest BCUT2D eigenvalue weighted by Crippen LogP contribution is 2.23. The van der Waals surface area contributed by atoms with Gasteiger partial charge in [0.25, 0.3) is 0 Å². The van der Waals surface area contributed by atoms with Crippen LogP contribution in [0.15, 0.2) is 18.2 Å². The fraction of sp³-hybridized carbons (Fsp3) is 0.667. The van der Waals surface area contributed by atoms with Crippen LogP contribution in [0.3, 0.4) is 0 Å². The molecule has 20 heavy (non-hydrogen) atoms. The van der Waals surface area contributed by atoms with Crippen molar-refractivity contribution in [1.82, 2.24) is 5.32 Å². The van der Waals surface area contributed by atoms with E-state index in [4.69, 9.17) is 4.74 Å². The van der Waals surface area contributed by atoms with E-state index in [1.165, 1.54) is 11.1 Å². The summed E-state index contributed by atoms with van der Waals surface area (Å²) in [6.45, 7) is 15.1. The Kier molecular flexibility index (Phi) is 7.08. The Morgan fingerprint density at radius 2 is 1.85 bits per heavy atom. The third kappa shape index (κ3) is 5.16. The number of nitrogens with one attached hydrogen (secondary N) is 1. The standard InChI is InChI=1S/C18H31NO/c1-7-10-19-18(14(4)5)12-20-16-8-9-17(13(2)3)15(6)11-16/h8-9,11,13-14,18-19H,7,10,12H2,1-6H3. The van der Waals surface area contributed by atoms with Gasteiger partial charge in [-0.15, -0.1) is 0 Å². The van der Waals surface area contributed by atoms with E-state index in [0.717, 1.165) is 25.3 Å². The van der Waals surface area contributed by atoms with E-state index in [-0.39, 0.29) is 0 Å². The molecule has 0 aliphatic rings. The van der Waals surface area contributed by atoms with Crippen LogP contribution in [0.1, 0.15) is 58.1 Å². The molecule has 0 bridgehead atoms. The Morgan fingerprint density at radius 3 is 2.35 bits per heavy atom. The lowest BCUT2D eigenvalue weighted by atomic mass is 9.98. The molecule has 0 heterocycles. The molecule has 1 aromatic carbocycles. The summed E-state index contributed by atoms with van der Waals surface area (Å²) in [5, 5.41) is 3.56. The molecule has 1 rings (SSSR count). The van der Waals surface area contributed by atoms with E-state index in [1.807, 2.05) is 0 Å². The summed E-state index contributed by atoms with van der Waals surface area (Å²) < 4.78 is 5.98. The lowest BCUT2D eigenvalue weighted by Gasteiger charge is -2.23. The first kappa shape index (κ1) is 17.0. The zero-order valence-corrected chi connectivity index (χ0v) is 14.0. The van der Waals surface area contributed by atoms with Gasteiger partial charge in [-0.1, -0.05) is 40.7 Å². The number of ether oxygens (including phenoxy) is 1. The van der Waals surface area contributed by atoms with Crippen molar-refractivity contribution in [3.05, 3.63) is 29.3 Å². The minimum atomic E-state index is 0.417. The molecule has 1 aromatic rings. The van der Waals surface area contributed by atoms with Gasteiger partial charge in [0.1, 0.15) is 12.4 Å². The van der Waals surface area contributed by atoms with Crippen LogP contribution in [0.25, 0.3) is 0 Å². The second-order valence-corrected chi connectivity index (χ2v) is 6.29. The molecule has 0 spiro atoms. The minimum absolute atomic E-state index is 0.417. The zero-order chi connectivity index (χ0) is 15.1. The first-order chi connectivity index (χ1) is 9.45. The third-order valence-electron chi connectivity index (χ3n) is 3.75. The summed E-state index contributed by atoms with van der Waals surface area (Å²) in [4.78, 5) is 0. The number of hydrogen-bond donors (Lipinski definition) is 1. The molecule has 0 aromatic heterocycles. The predicted molar refractivity (Wildman–Crippen MR) is 87.7 cm³/mol. The molecule has 0 saturated heterocycles. The number of aryl methyl sites for hydroxylation is 1. The Hall–Kier alpha value is -1.02. The maximum absolute atomic E-state index is 5.98. The predicted octanol–water partition coefficient (Wildman–Crippen LogP) is 4.52. The Balaban J connectivity index is 2.61. The molecule has 0 fully saturated rings. The summed E-state index contributed by atoms with van der Waals surface area (Å²) >= 11 is 0. The zero-order valence-electron chi connectivity index (χ0n) is 14.0. The minimum Gasteiger partial charge on any atom is -0.492 e. The quantitative estimate of drug-likeness (QED) is 0.754. The van der Waals surface area contributed by atoms with E-state index in [2.05, 4.69) is 65.1 Å². The molecule has 0 aliphatic carbocycles. The number of hydrogen-bond acceptors (Lipinski definition) is 2. The van der Waals surface area contributed by atoms with E-state index < -0.39 is 0 Å². The van der Waals surface area contributed by atoms with Gasteiger partial charge in [-0.2, -0.15) is 0 Å². The fourth-order valence-electron chi connectivity index (χ4n) is 2.39. The van der Waals surface area contributed by atoms with Gasteiger partial charge in [0.05, 0.1) is 0 Å². The van der Waals surface area contributed by atoms with Crippen LogP contribution in [-0.4, -0.2) is 19.2 Å². The highest BCUT2D eigenvalue weighted by Gasteiger charge is 2.13. The van der Waals surface area contributed by atoms with E-state index in [0.29, 0.717) is 17.9 Å². The second-order valence-electron chi connectivity index (χ2n) is 6.29. The van der Waals surface area contributed by atoms with Gasteiger partial charge in [0.2, 0.25) is 0 Å². The van der Waals surface area contributed by atoms with Gasteiger partial charge < -0.3 is 10.1 Å². The van der Waals surface area contributed by atoms with Gasteiger partial charge in [0, 0.05) is 6.04 Å². The van der Waals surface area contributed by atoms with Gasteiger partial charge in [-0.05, 0) is 55.0 Å². The second kappa shape index (κ2) is 8.31. The Morgan fingerprint density at radius 1 is 1.15 bits per heavy atom. The summed E-state index contributed by atoms with van der Waals surface area (Å²) in [6.07, 6.45) is 1.16. The SMILES string of the molecule is CCCNC(COc1ccc(C(C)C)c(C)c1)C(C)C. The largest absolute Gasteiger partial charge is 0.492 e. The molecular weight excluding hydrogens is 246 g/mol. The normalized spacial score (nSPS) is 13.0. The van der Waals surface area contributed by atoms with Crippen LogP contribution < -0.4 is 10.1 Å². The van der Waals surface area contributed by atoms with Gasteiger partial charge in [-0.3, -0.25) is 0 Å². The molecule has 2 heteroatoms. The maximum Gasteiger partial charge on any atom is 0.119 e. The van der Waals surface area contributed by atoms with Crippen molar-refractivity contribution in [3.63, 3.8) is 0 Å². The van der Waals surface area contributed by atoms with Crippen molar-refractivity contribution < 1.29 is 4.74 Å². The number of benzene rings is 1. The van der Waals surface area contributed by atoms with E-state index >= 15 is 0 Å². The molecule has 0 radical (unpaired) electrons. The fourth-order valence-corrected chi connectivity index (χ4v) is 2.39. The van der Waals surface area contributed by atoms with Crippen molar-refractivity contribution in [1.29, 1.82) is 0 Å². The van der Waals surface area contributed by atoms with Gasteiger partial charge in [0.15, 0.2) is 0 Å². The van der Waals surface area contributed by atoms with Crippen molar-refractivity contribution in [2.75, 3.05) is 13.2 Å². The average molecular weight is 277 g/mol. The molecule has 0 saturated carbocycles. The van der Waals surface area contributed by atoms with E-state index in [1.54, 1.807) is 0 Å². The molecular formula is C18H31NO. The lowest BCUT2D eigenvalue weighted by Crippen LogP contribution is -2.39. The monoisotopic (exact) mass is 277 g/mol. The molecule has 0 amide bonds. The first-order valence-corrected chi connectivity index (χ1v) is 7.92. The molecule has 0 aliphatic heterocycles. The summed E-state index contributed by atoms with van der Waals surface area (Å²) in [5.41, 5.74) is 2.72. The highest BCUT2D eigenvalue weighted by molar-refractivity contribution is 5.36.